The Morgan fingerprint density at radius 3 is 2.17 bits per heavy atom. The van der Waals surface area contributed by atoms with Crippen LogP contribution in [-0.2, 0) is 6.54 Å². The minimum absolute atomic E-state index is 0.183. The monoisotopic (exact) mass is 238 g/mol. The number of benzene rings is 2. The number of aliphatic imine (C=N–C) groups is 1. The van der Waals surface area contributed by atoms with Gasteiger partial charge in [0.2, 0.25) is 5.96 Å². The molecule has 2 aromatic carbocycles. The maximum absolute atomic E-state index is 5.66. The van der Waals surface area contributed by atoms with E-state index in [2.05, 4.69) is 15.2 Å². The van der Waals surface area contributed by atoms with Gasteiger partial charge in [-0.3, -0.25) is 0 Å². The largest absolute Gasteiger partial charge is 0.367 e. The summed E-state index contributed by atoms with van der Waals surface area (Å²) in [5.41, 5.74) is 7.51. The van der Waals surface area contributed by atoms with E-state index < -0.39 is 0 Å². The van der Waals surface area contributed by atoms with E-state index in [9.17, 15) is 0 Å². The molecule has 0 heterocycles. The maximum Gasteiger partial charge on any atom is 0.235 e. The second kappa shape index (κ2) is 6.30. The standard InChI is InChI=1S/C14H14N4/c15-14(16-11-12-7-3-1-4-8-12)18-17-13-9-5-2-6-10-13/h1-10H,11H2,(H2,15,16). The highest BCUT2D eigenvalue weighted by atomic mass is 15.2. The maximum atomic E-state index is 5.66. The zero-order chi connectivity index (χ0) is 12.6. The van der Waals surface area contributed by atoms with E-state index >= 15 is 0 Å². The van der Waals surface area contributed by atoms with E-state index in [0.717, 1.165) is 11.3 Å². The average Bonchev–Trinajstić information content (AvgIpc) is 2.45. The minimum atomic E-state index is 0.183. The zero-order valence-electron chi connectivity index (χ0n) is 9.90. The molecule has 0 spiro atoms. The number of rotatable bonds is 3. The Hall–Kier alpha value is -2.49. The Morgan fingerprint density at radius 2 is 1.50 bits per heavy atom. The van der Waals surface area contributed by atoms with E-state index in [1.165, 1.54) is 0 Å². The summed E-state index contributed by atoms with van der Waals surface area (Å²) in [6.07, 6.45) is 0. The van der Waals surface area contributed by atoms with Gasteiger partial charge in [0.25, 0.3) is 0 Å². The number of nitrogens with zero attached hydrogens (tertiary/aromatic N) is 3. The summed E-state index contributed by atoms with van der Waals surface area (Å²) in [7, 11) is 0. The second-order valence-electron chi connectivity index (χ2n) is 3.70. The molecule has 18 heavy (non-hydrogen) atoms. The van der Waals surface area contributed by atoms with Gasteiger partial charge in [-0.2, -0.15) is 0 Å². The summed E-state index contributed by atoms with van der Waals surface area (Å²) in [6.45, 7) is 0.514. The van der Waals surface area contributed by atoms with Crippen molar-refractivity contribution >= 4 is 11.6 Å². The van der Waals surface area contributed by atoms with Gasteiger partial charge in [0, 0.05) is 0 Å². The van der Waals surface area contributed by atoms with Gasteiger partial charge < -0.3 is 5.73 Å². The van der Waals surface area contributed by atoms with Crippen LogP contribution >= 0.6 is 0 Å². The molecule has 4 heteroatoms. The minimum Gasteiger partial charge on any atom is -0.367 e. The first-order valence-electron chi connectivity index (χ1n) is 5.65. The van der Waals surface area contributed by atoms with Gasteiger partial charge in [-0.1, -0.05) is 48.5 Å². The predicted molar refractivity (Wildman–Crippen MR) is 72.7 cm³/mol. The van der Waals surface area contributed by atoms with Crippen LogP contribution in [0.4, 0.5) is 5.69 Å². The molecule has 0 unspecified atom stereocenters. The molecular weight excluding hydrogens is 224 g/mol. The first kappa shape index (κ1) is 12.0. The van der Waals surface area contributed by atoms with Gasteiger partial charge in [-0.15, -0.1) is 10.2 Å². The predicted octanol–water partition coefficient (Wildman–Crippen LogP) is 3.29. The third kappa shape index (κ3) is 3.83. The van der Waals surface area contributed by atoms with Crippen LogP contribution in [0.1, 0.15) is 5.56 Å². The average molecular weight is 238 g/mol. The quantitative estimate of drug-likeness (QED) is 0.497. The highest BCUT2D eigenvalue weighted by Gasteiger charge is 1.91. The highest BCUT2D eigenvalue weighted by molar-refractivity contribution is 5.78. The van der Waals surface area contributed by atoms with Gasteiger partial charge in [0.15, 0.2) is 0 Å². The molecule has 90 valence electrons. The fourth-order valence-electron chi connectivity index (χ4n) is 1.39. The molecule has 2 aromatic rings. The fourth-order valence-corrected chi connectivity index (χ4v) is 1.39. The molecular formula is C14H14N4. The summed E-state index contributed by atoms with van der Waals surface area (Å²) in [4.78, 5) is 4.14. The highest BCUT2D eigenvalue weighted by Crippen LogP contribution is 2.09. The van der Waals surface area contributed by atoms with Crippen molar-refractivity contribution in [3.63, 3.8) is 0 Å². The smallest absolute Gasteiger partial charge is 0.235 e. The van der Waals surface area contributed by atoms with Crippen LogP contribution in [0.25, 0.3) is 0 Å². The van der Waals surface area contributed by atoms with Crippen molar-refractivity contribution in [2.75, 3.05) is 0 Å². The molecule has 0 aliphatic rings. The van der Waals surface area contributed by atoms with Crippen molar-refractivity contribution in [2.45, 2.75) is 6.54 Å². The Labute approximate surface area is 106 Å². The number of hydrogen-bond donors (Lipinski definition) is 1. The topological polar surface area (TPSA) is 63.1 Å². The number of nitrogens with two attached hydrogens (primary N) is 1. The van der Waals surface area contributed by atoms with Gasteiger partial charge in [-0.25, -0.2) is 4.99 Å². The van der Waals surface area contributed by atoms with E-state index in [-0.39, 0.29) is 5.96 Å². The van der Waals surface area contributed by atoms with E-state index in [0.29, 0.717) is 6.54 Å². The van der Waals surface area contributed by atoms with Crippen LogP contribution in [0.3, 0.4) is 0 Å². The summed E-state index contributed by atoms with van der Waals surface area (Å²) in [5.74, 6) is 0.183. The third-order valence-electron chi connectivity index (χ3n) is 2.29. The van der Waals surface area contributed by atoms with Crippen molar-refractivity contribution in [3.8, 4) is 0 Å². The summed E-state index contributed by atoms with van der Waals surface area (Å²) in [5, 5.41) is 7.85. The van der Waals surface area contributed by atoms with Crippen molar-refractivity contribution < 1.29 is 0 Å². The molecule has 0 aliphatic heterocycles. The van der Waals surface area contributed by atoms with Crippen LogP contribution in [0.5, 0.6) is 0 Å². The summed E-state index contributed by atoms with van der Waals surface area (Å²) >= 11 is 0. The van der Waals surface area contributed by atoms with Crippen molar-refractivity contribution in [1.29, 1.82) is 0 Å². The Bertz CT molecular complexity index is 532. The van der Waals surface area contributed by atoms with E-state index in [1.54, 1.807) is 0 Å². The fraction of sp³-hybridized carbons (Fsp3) is 0.0714. The van der Waals surface area contributed by atoms with E-state index in [4.69, 9.17) is 5.73 Å². The van der Waals surface area contributed by atoms with Crippen molar-refractivity contribution in [3.05, 3.63) is 66.2 Å². The van der Waals surface area contributed by atoms with Crippen LogP contribution in [0.15, 0.2) is 75.9 Å². The zero-order valence-corrected chi connectivity index (χ0v) is 9.90. The van der Waals surface area contributed by atoms with Gasteiger partial charge >= 0.3 is 0 Å². The van der Waals surface area contributed by atoms with Crippen molar-refractivity contribution in [2.24, 2.45) is 21.0 Å². The van der Waals surface area contributed by atoms with Gasteiger partial charge in [-0.05, 0) is 17.7 Å². The molecule has 0 bridgehead atoms. The second-order valence-corrected chi connectivity index (χ2v) is 3.70. The molecule has 2 N–H and O–H groups in total. The summed E-state index contributed by atoms with van der Waals surface area (Å²) in [6, 6.07) is 19.3. The molecule has 0 amide bonds. The van der Waals surface area contributed by atoms with Crippen LogP contribution < -0.4 is 5.73 Å². The number of guanidine groups is 1. The van der Waals surface area contributed by atoms with Crippen LogP contribution in [0, 0.1) is 0 Å². The Morgan fingerprint density at radius 1 is 0.889 bits per heavy atom. The van der Waals surface area contributed by atoms with Crippen LogP contribution in [-0.4, -0.2) is 5.96 Å². The molecule has 4 nitrogen and oxygen atoms in total. The lowest BCUT2D eigenvalue weighted by molar-refractivity contribution is 1.04. The Kier molecular flexibility index (Phi) is 4.19. The molecule has 0 aliphatic carbocycles. The first-order valence-corrected chi connectivity index (χ1v) is 5.65. The lowest BCUT2D eigenvalue weighted by Crippen LogP contribution is -2.07. The lowest BCUT2D eigenvalue weighted by Gasteiger charge is -1.95. The molecule has 2 rings (SSSR count). The first-order chi connectivity index (χ1) is 8.84. The number of azo groups is 1. The van der Waals surface area contributed by atoms with Gasteiger partial charge in [0.05, 0.1) is 12.2 Å². The summed E-state index contributed by atoms with van der Waals surface area (Å²) < 4.78 is 0. The van der Waals surface area contributed by atoms with E-state index in [1.807, 2.05) is 60.7 Å². The normalized spacial score (nSPS) is 11.9. The molecule has 0 fully saturated rings. The molecule has 0 saturated carbocycles. The molecule has 0 radical (unpaired) electrons. The Balaban J connectivity index is 1.96. The third-order valence-corrected chi connectivity index (χ3v) is 2.29. The lowest BCUT2D eigenvalue weighted by atomic mass is 10.2. The number of hydrogen-bond acceptors (Lipinski definition) is 2. The van der Waals surface area contributed by atoms with Crippen LogP contribution in [0.2, 0.25) is 0 Å². The molecule has 0 saturated heterocycles. The molecule has 0 atom stereocenters. The molecule has 0 aromatic heterocycles. The SMILES string of the molecule is NC(N=Nc1ccccc1)=NCc1ccccc1. The van der Waals surface area contributed by atoms with Gasteiger partial charge in [0.1, 0.15) is 0 Å². The van der Waals surface area contributed by atoms with Crippen molar-refractivity contribution in [1.82, 2.24) is 0 Å².